The first-order valence-electron chi connectivity index (χ1n) is 8.95. The summed E-state index contributed by atoms with van der Waals surface area (Å²) in [4.78, 5) is 12.0. The largest absolute Gasteiger partial charge is 0.299 e. The standard InChI is InChI=1S/C19H32O/c1-3-19(4-2)14-10-8-6-5-7-9-11-16-12-13-17(20)15-18(16)19/h3-15H2,1-2H3. The number of Topliss-reactive ketones (excluding diaryl/α,β-unsaturated/α-hetero) is 1. The van der Waals surface area contributed by atoms with Crippen molar-refractivity contribution in [2.45, 2.75) is 97.3 Å². The first-order chi connectivity index (χ1) is 9.72. The average molecular weight is 276 g/mol. The van der Waals surface area contributed by atoms with Crippen molar-refractivity contribution in [3.05, 3.63) is 11.1 Å². The quantitative estimate of drug-likeness (QED) is 0.567. The van der Waals surface area contributed by atoms with Crippen molar-refractivity contribution in [2.75, 3.05) is 0 Å². The molecule has 0 atom stereocenters. The van der Waals surface area contributed by atoms with Crippen molar-refractivity contribution >= 4 is 5.78 Å². The Balaban J connectivity index is 2.32. The van der Waals surface area contributed by atoms with Crippen LogP contribution in [0.1, 0.15) is 97.3 Å². The zero-order valence-corrected chi connectivity index (χ0v) is 13.6. The summed E-state index contributed by atoms with van der Waals surface area (Å²) in [5, 5.41) is 0. The molecule has 0 heterocycles. The fraction of sp³-hybridized carbons (Fsp3) is 0.842. The van der Waals surface area contributed by atoms with E-state index < -0.39 is 0 Å². The summed E-state index contributed by atoms with van der Waals surface area (Å²) in [6.45, 7) is 4.68. The van der Waals surface area contributed by atoms with Gasteiger partial charge in [0.15, 0.2) is 0 Å². The first kappa shape index (κ1) is 15.8. The van der Waals surface area contributed by atoms with E-state index >= 15 is 0 Å². The molecule has 0 aromatic carbocycles. The van der Waals surface area contributed by atoms with Crippen LogP contribution >= 0.6 is 0 Å². The molecule has 0 aromatic heterocycles. The van der Waals surface area contributed by atoms with E-state index in [-0.39, 0.29) is 0 Å². The van der Waals surface area contributed by atoms with Crippen LogP contribution in [0, 0.1) is 5.41 Å². The van der Waals surface area contributed by atoms with E-state index in [2.05, 4.69) is 13.8 Å². The van der Waals surface area contributed by atoms with Gasteiger partial charge < -0.3 is 0 Å². The van der Waals surface area contributed by atoms with E-state index in [1.165, 1.54) is 64.2 Å². The Labute approximate surface area is 125 Å². The van der Waals surface area contributed by atoms with Crippen LogP contribution in [0.2, 0.25) is 0 Å². The molecule has 0 saturated carbocycles. The van der Waals surface area contributed by atoms with Crippen molar-refractivity contribution in [1.29, 1.82) is 0 Å². The van der Waals surface area contributed by atoms with Crippen LogP contribution in [0.25, 0.3) is 0 Å². The molecule has 0 bridgehead atoms. The third kappa shape index (κ3) is 3.54. The van der Waals surface area contributed by atoms with Gasteiger partial charge in [-0.15, -0.1) is 0 Å². The normalized spacial score (nSPS) is 25.0. The summed E-state index contributed by atoms with van der Waals surface area (Å²) in [7, 11) is 0. The van der Waals surface area contributed by atoms with Crippen LogP contribution in [0.3, 0.4) is 0 Å². The van der Waals surface area contributed by atoms with Crippen molar-refractivity contribution in [3.8, 4) is 0 Å². The van der Waals surface area contributed by atoms with E-state index in [1.807, 2.05) is 0 Å². The Kier molecular flexibility index (Phi) is 5.86. The monoisotopic (exact) mass is 276 g/mol. The maximum atomic E-state index is 12.0. The number of rotatable bonds is 2. The molecule has 1 heteroatoms. The molecule has 2 aliphatic rings. The summed E-state index contributed by atoms with van der Waals surface area (Å²) < 4.78 is 0. The summed E-state index contributed by atoms with van der Waals surface area (Å²) in [6, 6.07) is 0. The number of hydrogen-bond donors (Lipinski definition) is 0. The molecule has 0 unspecified atom stereocenters. The predicted molar refractivity (Wildman–Crippen MR) is 85.8 cm³/mol. The van der Waals surface area contributed by atoms with E-state index in [0.29, 0.717) is 11.2 Å². The van der Waals surface area contributed by atoms with Gasteiger partial charge in [0.05, 0.1) is 0 Å². The second-order valence-corrected chi connectivity index (χ2v) is 6.91. The van der Waals surface area contributed by atoms with Gasteiger partial charge in [-0.2, -0.15) is 0 Å². The molecule has 1 nitrogen and oxygen atoms in total. The van der Waals surface area contributed by atoms with E-state index in [0.717, 1.165) is 19.3 Å². The van der Waals surface area contributed by atoms with Crippen molar-refractivity contribution in [3.63, 3.8) is 0 Å². The zero-order chi connectivity index (χ0) is 14.4. The molecule has 0 amide bonds. The summed E-state index contributed by atoms with van der Waals surface area (Å²) in [5.41, 5.74) is 3.60. The number of carbonyl (C=O) groups is 1. The highest BCUT2D eigenvalue weighted by Gasteiger charge is 2.35. The van der Waals surface area contributed by atoms with E-state index in [9.17, 15) is 4.79 Å². The zero-order valence-electron chi connectivity index (χ0n) is 13.6. The smallest absolute Gasteiger partial charge is 0.137 e. The molecule has 0 saturated heterocycles. The highest BCUT2D eigenvalue weighted by atomic mass is 16.1. The molecule has 2 aliphatic carbocycles. The van der Waals surface area contributed by atoms with Gasteiger partial charge in [-0.25, -0.2) is 0 Å². The van der Waals surface area contributed by atoms with Gasteiger partial charge in [0.25, 0.3) is 0 Å². The van der Waals surface area contributed by atoms with E-state index in [1.54, 1.807) is 11.1 Å². The van der Waals surface area contributed by atoms with Gasteiger partial charge in [-0.3, -0.25) is 4.79 Å². The van der Waals surface area contributed by atoms with Gasteiger partial charge in [-0.05, 0) is 43.9 Å². The molecular formula is C19H32O. The van der Waals surface area contributed by atoms with Crippen LogP contribution < -0.4 is 0 Å². The van der Waals surface area contributed by atoms with Crippen molar-refractivity contribution < 1.29 is 4.79 Å². The lowest BCUT2D eigenvalue weighted by molar-refractivity contribution is -0.119. The van der Waals surface area contributed by atoms with Gasteiger partial charge in [0, 0.05) is 12.8 Å². The minimum absolute atomic E-state index is 0.343. The van der Waals surface area contributed by atoms with Crippen LogP contribution in [-0.2, 0) is 4.79 Å². The predicted octanol–water partition coefficient (Wildman–Crippen LogP) is 5.98. The third-order valence-electron chi connectivity index (χ3n) is 5.88. The number of carbonyl (C=O) groups excluding carboxylic acids is 1. The van der Waals surface area contributed by atoms with Crippen LogP contribution in [-0.4, -0.2) is 5.78 Å². The molecule has 0 spiro atoms. The maximum absolute atomic E-state index is 12.0. The molecule has 0 radical (unpaired) electrons. The fourth-order valence-electron chi connectivity index (χ4n) is 4.38. The SMILES string of the molecule is CCC1(CC)CCCCCCCCC2=C1CC(=O)CC2. The average Bonchev–Trinajstić information content (AvgIpc) is 2.51. The lowest BCUT2D eigenvalue weighted by atomic mass is 9.66. The lowest BCUT2D eigenvalue weighted by Gasteiger charge is -2.38. The summed E-state index contributed by atoms with van der Waals surface area (Å²) in [6.07, 6.45) is 16.0. The summed E-state index contributed by atoms with van der Waals surface area (Å²) in [5.74, 6) is 0.491. The fourth-order valence-corrected chi connectivity index (χ4v) is 4.38. The summed E-state index contributed by atoms with van der Waals surface area (Å²) >= 11 is 0. The van der Waals surface area contributed by atoms with Gasteiger partial charge >= 0.3 is 0 Å². The van der Waals surface area contributed by atoms with Crippen molar-refractivity contribution in [1.82, 2.24) is 0 Å². The molecule has 20 heavy (non-hydrogen) atoms. The Morgan fingerprint density at radius 1 is 0.850 bits per heavy atom. The van der Waals surface area contributed by atoms with Gasteiger partial charge in [0.2, 0.25) is 0 Å². The number of hydrogen-bond acceptors (Lipinski definition) is 1. The molecule has 0 aliphatic heterocycles. The highest BCUT2D eigenvalue weighted by Crippen LogP contribution is 2.47. The van der Waals surface area contributed by atoms with Gasteiger partial charge in [0.1, 0.15) is 5.78 Å². The van der Waals surface area contributed by atoms with Gasteiger partial charge in [-0.1, -0.05) is 57.1 Å². The van der Waals surface area contributed by atoms with Crippen LogP contribution in [0.15, 0.2) is 11.1 Å². The molecule has 114 valence electrons. The number of allylic oxidation sites excluding steroid dienone is 2. The Bertz CT molecular complexity index is 360. The Morgan fingerprint density at radius 2 is 1.50 bits per heavy atom. The molecular weight excluding hydrogens is 244 g/mol. The highest BCUT2D eigenvalue weighted by molar-refractivity contribution is 5.83. The lowest BCUT2D eigenvalue weighted by Crippen LogP contribution is -2.27. The van der Waals surface area contributed by atoms with Crippen molar-refractivity contribution in [2.24, 2.45) is 5.41 Å². The third-order valence-corrected chi connectivity index (χ3v) is 5.88. The number of ketones is 1. The Morgan fingerprint density at radius 3 is 2.20 bits per heavy atom. The maximum Gasteiger partial charge on any atom is 0.137 e. The topological polar surface area (TPSA) is 17.1 Å². The first-order valence-corrected chi connectivity index (χ1v) is 8.95. The van der Waals surface area contributed by atoms with E-state index in [4.69, 9.17) is 0 Å². The molecule has 0 N–H and O–H groups in total. The van der Waals surface area contributed by atoms with Crippen LogP contribution in [0.4, 0.5) is 0 Å². The minimum atomic E-state index is 0.343. The second kappa shape index (κ2) is 7.43. The second-order valence-electron chi connectivity index (χ2n) is 6.91. The molecule has 0 fully saturated rings. The molecule has 0 aromatic rings. The molecule has 2 rings (SSSR count). The van der Waals surface area contributed by atoms with Crippen LogP contribution in [0.5, 0.6) is 0 Å². The minimum Gasteiger partial charge on any atom is -0.299 e. The Hall–Kier alpha value is -0.590.